The molecule has 0 amide bonds. The van der Waals surface area contributed by atoms with Gasteiger partial charge in [0.05, 0.1) is 12.7 Å². The summed E-state index contributed by atoms with van der Waals surface area (Å²) in [5.74, 6) is -1.87. The van der Waals surface area contributed by atoms with E-state index in [0.29, 0.717) is 6.29 Å². The number of Topliss-reactive ketones (excluding diaryl/α,β-unsaturated/α-hetero) is 1. The van der Waals surface area contributed by atoms with Gasteiger partial charge < -0.3 is 4.74 Å². The van der Waals surface area contributed by atoms with Crippen LogP contribution in [0.2, 0.25) is 0 Å². The first-order chi connectivity index (χ1) is 7.40. The number of benzene rings is 1. The SMILES string of the molecule is COc1ccc(C(=O)C(F)(F)F)cc1C=O. The molecule has 0 atom stereocenters. The molecule has 0 heterocycles. The van der Waals surface area contributed by atoms with Gasteiger partial charge in [-0.3, -0.25) is 9.59 Å². The average Bonchev–Trinajstić information content (AvgIpc) is 2.25. The van der Waals surface area contributed by atoms with E-state index in [9.17, 15) is 22.8 Å². The Morgan fingerprint density at radius 1 is 1.38 bits per heavy atom. The Balaban J connectivity index is 3.18. The van der Waals surface area contributed by atoms with Gasteiger partial charge in [-0.25, -0.2) is 0 Å². The summed E-state index contributed by atoms with van der Waals surface area (Å²) in [5.41, 5.74) is -0.687. The third kappa shape index (κ3) is 2.39. The Bertz CT molecular complexity index is 424. The van der Waals surface area contributed by atoms with Crippen molar-refractivity contribution >= 4 is 12.1 Å². The second-order valence-corrected chi connectivity index (χ2v) is 2.90. The summed E-state index contributed by atoms with van der Waals surface area (Å²) < 4.78 is 41.0. The van der Waals surface area contributed by atoms with E-state index in [1.54, 1.807) is 0 Å². The van der Waals surface area contributed by atoms with Crippen molar-refractivity contribution in [3.8, 4) is 5.75 Å². The number of aldehydes is 1. The molecule has 0 unspecified atom stereocenters. The molecule has 0 aliphatic heterocycles. The first-order valence-corrected chi connectivity index (χ1v) is 4.15. The normalized spacial score (nSPS) is 11.0. The molecule has 0 fully saturated rings. The van der Waals surface area contributed by atoms with Gasteiger partial charge in [0.25, 0.3) is 5.78 Å². The van der Waals surface area contributed by atoms with Gasteiger partial charge in [-0.1, -0.05) is 0 Å². The molecular formula is C10H7F3O3. The van der Waals surface area contributed by atoms with E-state index in [0.717, 1.165) is 18.2 Å². The van der Waals surface area contributed by atoms with Crippen molar-refractivity contribution in [3.05, 3.63) is 29.3 Å². The van der Waals surface area contributed by atoms with Crippen molar-refractivity contribution < 1.29 is 27.5 Å². The zero-order valence-electron chi connectivity index (χ0n) is 8.17. The summed E-state index contributed by atoms with van der Waals surface area (Å²) in [6, 6.07) is 2.95. The molecule has 1 aromatic rings. The lowest BCUT2D eigenvalue weighted by Gasteiger charge is -2.07. The van der Waals surface area contributed by atoms with E-state index in [1.165, 1.54) is 7.11 Å². The lowest BCUT2D eigenvalue weighted by Crippen LogP contribution is -2.22. The Hall–Kier alpha value is -1.85. The minimum absolute atomic E-state index is 0.0994. The maximum Gasteiger partial charge on any atom is 0.454 e. The van der Waals surface area contributed by atoms with Gasteiger partial charge in [0.2, 0.25) is 0 Å². The van der Waals surface area contributed by atoms with Crippen molar-refractivity contribution in [2.45, 2.75) is 6.18 Å². The second kappa shape index (κ2) is 4.34. The van der Waals surface area contributed by atoms with Gasteiger partial charge in [0.1, 0.15) is 5.75 Å². The van der Waals surface area contributed by atoms with Gasteiger partial charge in [0.15, 0.2) is 6.29 Å². The molecule has 0 radical (unpaired) electrons. The molecular weight excluding hydrogens is 225 g/mol. The predicted octanol–water partition coefficient (Wildman–Crippen LogP) is 2.25. The van der Waals surface area contributed by atoms with Gasteiger partial charge in [-0.05, 0) is 18.2 Å². The Morgan fingerprint density at radius 3 is 2.44 bits per heavy atom. The Kier molecular flexibility index (Phi) is 3.31. The van der Waals surface area contributed by atoms with E-state index < -0.39 is 17.5 Å². The van der Waals surface area contributed by atoms with Crippen molar-refractivity contribution in [1.29, 1.82) is 0 Å². The zero-order valence-corrected chi connectivity index (χ0v) is 8.17. The summed E-state index contributed by atoms with van der Waals surface area (Å²) in [7, 11) is 1.27. The van der Waals surface area contributed by atoms with Crippen LogP contribution in [0.15, 0.2) is 18.2 Å². The minimum Gasteiger partial charge on any atom is -0.496 e. The number of carbonyl (C=O) groups excluding carboxylic acids is 2. The zero-order chi connectivity index (χ0) is 12.3. The number of carbonyl (C=O) groups is 2. The van der Waals surface area contributed by atoms with Crippen LogP contribution in [0.5, 0.6) is 5.75 Å². The fourth-order valence-electron chi connectivity index (χ4n) is 1.13. The number of halogens is 3. The number of alkyl halides is 3. The number of ketones is 1. The number of hydrogen-bond donors (Lipinski definition) is 0. The molecule has 0 aliphatic rings. The minimum atomic E-state index is -4.95. The van der Waals surface area contributed by atoms with E-state index in [4.69, 9.17) is 4.74 Å². The molecule has 16 heavy (non-hydrogen) atoms. The van der Waals surface area contributed by atoms with Crippen LogP contribution in [0.3, 0.4) is 0 Å². The van der Waals surface area contributed by atoms with Crippen LogP contribution in [0.25, 0.3) is 0 Å². The smallest absolute Gasteiger partial charge is 0.454 e. The molecule has 0 saturated heterocycles. The van der Waals surface area contributed by atoms with Crippen LogP contribution in [0.4, 0.5) is 13.2 Å². The molecule has 0 saturated carbocycles. The first-order valence-electron chi connectivity index (χ1n) is 4.15. The van der Waals surface area contributed by atoms with Crippen LogP contribution >= 0.6 is 0 Å². The number of rotatable bonds is 3. The number of methoxy groups -OCH3 is 1. The highest BCUT2D eigenvalue weighted by molar-refractivity contribution is 6.01. The fourth-order valence-corrected chi connectivity index (χ4v) is 1.13. The number of hydrogen-bond acceptors (Lipinski definition) is 3. The van der Waals surface area contributed by atoms with E-state index >= 15 is 0 Å². The average molecular weight is 232 g/mol. The van der Waals surface area contributed by atoms with E-state index in [2.05, 4.69) is 0 Å². The third-order valence-corrected chi connectivity index (χ3v) is 1.88. The van der Waals surface area contributed by atoms with Gasteiger partial charge in [0, 0.05) is 5.56 Å². The maximum atomic E-state index is 12.1. The third-order valence-electron chi connectivity index (χ3n) is 1.88. The van der Waals surface area contributed by atoms with Crippen molar-refractivity contribution in [3.63, 3.8) is 0 Å². The summed E-state index contributed by atoms with van der Waals surface area (Å²) in [6.07, 6.45) is -4.62. The van der Waals surface area contributed by atoms with E-state index in [-0.39, 0.29) is 11.3 Å². The molecule has 0 aliphatic carbocycles. The van der Waals surface area contributed by atoms with Crippen LogP contribution in [-0.4, -0.2) is 25.4 Å². The maximum absolute atomic E-state index is 12.1. The van der Waals surface area contributed by atoms with Crippen LogP contribution < -0.4 is 4.74 Å². The summed E-state index contributed by atoms with van der Waals surface area (Å²) >= 11 is 0. The van der Waals surface area contributed by atoms with Gasteiger partial charge >= 0.3 is 6.18 Å². The fraction of sp³-hybridized carbons (Fsp3) is 0.200. The van der Waals surface area contributed by atoms with Crippen molar-refractivity contribution in [2.24, 2.45) is 0 Å². The van der Waals surface area contributed by atoms with Crippen LogP contribution in [0.1, 0.15) is 20.7 Å². The molecule has 0 aromatic heterocycles. The van der Waals surface area contributed by atoms with Crippen molar-refractivity contribution in [1.82, 2.24) is 0 Å². The standard InChI is InChI=1S/C10H7F3O3/c1-16-8-3-2-6(4-7(8)5-14)9(15)10(11,12)13/h2-5H,1H3. The lowest BCUT2D eigenvalue weighted by atomic mass is 10.1. The highest BCUT2D eigenvalue weighted by atomic mass is 19.4. The molecule has 0 spiro atoms. The second-order valence-electron chi connectivity index (χ2n) is 2.90. The number of ether oxygens (including phenoxy) is 1. The van der Waals surface area contributed by atoms with Crippen molar-refractivity contribution in [2.75, 3.05) is 7.11 Å². The molecule has 86 valence electrons. The summed E-state index contributed by atoms with van der Waals surface area (Å²) in [6.45, 7) is 0. The largest absolute Gasteiger partial charge is 0.496 e. The molecule has 0 bridgehead atoms. The quantitative estimate of drug-likeness (QED) is 0.593. The summed E-state index contributed by atoms with van der Waals surface area (Å²) in [4.78, 5) is 21.4. The lowest BCUT2D eigenvalue weighted by molar-refractivity contribution is -0.0885. The first kappa shape index (κ1) is 12.2. The van der Waals surface area contributed by atoms with Crippen LogP contribution in [0, 0.1) is 0 Å². The Labute approximate surface area is 88.8 Å². The summed E-state index contributed by atoms with van der Waals surface area (Å²) in [5, 5.41) is 0. The molecule has 1 aromatic carbocycles. The molecule has 6 heteroatoms. The molecule has 1 rings (SSSR count). The highest BCUT2D eigenvalue weighted by Crippen LogP contribution is 2.24. The van der Waals surface area contributed by atoms with Gasteiger partial charge in [-0.2, -0.15) is 13.2 Å². The van der Waals surface area contributed by atoms with Crippen LogP contribution in [-0.2, 0) is 0 Å². The topological polar surface area (TPSA) is 43.4 Å². The molecule has 0 N–H and O–H groups in total. The monoisotopic (exact) mass is 232 g/mol. The molecule has 3 nitrogen and oxygen atoms in total. The highest BCUT2D eigenvalue weighted by Gasteiger charge is 2.39. The predicted molar refractivity (Wildman–Crippen MR) is 48.8 cm³/mol. The van der Waals surface area contributed by atoms with Gasteiger partial charge in [-0.15, -0.1) is 0 Å². The Morgan fingerprint density at radius 2 is 2.00 bits per heavy atom. The van der Waals surface area contributed by atoms with E-state index in [1.807, 2.05) is 0 Å².